The first-order valence-corrected chi connectivity index (χ1v) is 8.30. The molecule has 130 valence electrons. The van der Waals surface area contributed by atoms with Crippen LogP contribution < -0.4 is 9.64 Å². The first-order chi connectivity index (χ1) is 12.0. The molecule has 1 amide bonds. The summed E-state index contributed by atoms with van der Waals surface area (Å²) in [6, 6.07) is 11.3. The SMILES string of the molecule is CN(C)Cc1ccc(CN2C(=O)COc3c(Cl)cc(C=O)cc32)cc1. The molecular formula is C19H19ClN2O3. The summed E-state index contributed by atoms with van der Waals surface area (Å²) in [6.45, 7) is 1.19. The summed E-state index contributed by atoms with van der Waals surface area (Å²) in [7, 11) is 4.04. The number of fused-ring (bicyclic) bond motifs is 1. The van der Waals surface area contributed by atoms with E-state index in [4.69, 9.17) is 16.3 Å². The average Bonchev–Trinajstić information content (AvgIpc) is 2.58. The predicted octanol–water partition coefficient (Wildman–Crippen LogP) is 3.14. The molecule has 1 aliphatic heterocycles. The molecular weight excluding hydrogens is 340 g/mol. The fourth-order valence-corrected chi connectivity index (χ4v) is 3.11. The molecule has 2 aromatic carbocycles. The number of amides is 1. The lowest BCUT2D eigenvalue weighted by atomic mass is 10.1. The van der Waals surface area contributed by atoms with E-state index in [1.807, 2.05) is 26.2 Å². The van der Waals surface area contributed by atoms with Crippen molar-refractivity contribution in [2.45, 2.75) is 13.1 Å². The topological polar surface area (TPSA) is 49.9 Å². The van der Waals surface area contributed by atoms with Crippen molar-refractivity contribution in [2.75, 3.05) is 25.6 Å². The normalized spacial score (nSPS) is 13.6. The van der Waals surface area contributed by atoms with E-state index >= 15 is 0 Å². The van der Waals surface area contributed by atoms with E-state index in [2.05, 4.69) is 17.0 Å². The van der Waals surface area contributed by atoms with Crippen LogP contribution in [0.2, 0.25) is 5.02 Å². The van der Waals surface area contributed by atoms with Crippen molar-refractivity contribution < 1.29 is 14.3 Å². The fourth-order valence-electron chi connectivity index (χ4n) is 2.83. The van der Waals surface area contributed by atoms with Gasteiger partial charge < -0.3 is 14.5 Å². The minimum Gasteiger partial charge on any atom is -0.480 e. The van der Waals surface area contributed by atoms with Gasteiger partial charge in [0.15, 0.2) is 12.4 Å². The summed E-state index contributed by atoms with van der Waals surface area (Å²) in [5.41, 5.74) is 3.14. The summed E-state index contributed by atoms with van der Waals surface area (Å²) < 4.78 is 5.45. The van der Waals surface area contributed by atoms with E-state index in [-0.39, 0.29) is 12.5 Å². The first kappa shape index (κ1) is 17.5. The van der Waals surface area contributed by atoms with Crippen molar-refractivity contribution in [1.82, 2.24) is 4.90 Å². The third-order valence-corrected chi connectivity index (χ3v) is 4.26. The minimum atomic E-state index is -0.163. The maximum Gasteiger partial charge on any atom is 0.265 e. The third kappa shape index (κ3) is 3.83. The van der Waals surface area contributed by atoms with Gasteiger partial charge in [-0.15, -0.1) is 0 Å². The van der Waals surface area contributed by atoms with Crippen molar-refractivity contribution in [3.8, 4) is 5.75 Å². The molecule has 0 aliphatic carbocycles. The Morgan fingerprint density at radius 2 is 1.88 bits per heavy atom. The first-order valence-electron chi connectivity index (χ1n) is 7.92. The highest BCUT2D eigenvalue weighted by molar-refractivity contribution is 6.33. The van der Waals surface area contributed by atoms with Gasteiger partial charge in [0, 0.05) is 12.1 Å². The third-order valence-electron chi connectivity index (χ3n) is 3.98. The molecule has 0 saturated carbocycles. The molecule has 0 radical (unpaired) electrons. The van der Waals surface area contributed by atoms with Gasteiger partial charge in [0.25, 0.3) is 5.91 Å². The molecule has 5 nitrogen and oxygen atoms in total. The van der Waals surface area contributed by atoms with Crippen LogP contribution in [0.1, 0.15) is 21.5 Å². The number of ether oxygens (including phenoxy) is 1. The number of hydrogen-bond acceptors (Lipinski definition) is 4. The summed E-state index contributed by atoms with van der Waals surface area (Å²) in [6.07, 6.45) is 0.708. The van der Waals surface area contributed by atoms with Gasteiger partial charge in [-0.2, -0.15) is 0 Å². The number of anilines is 1. The van der Waals surface area contributed by atoms with Gasteiger partial charge in [-0.05, 0) is 37.4 Å². The lowest BCUT2D eigenvalue weighted by Gasteiger charge is -2.30. The van der Waals surface area contributed by atoms with Gasteiger partial charge in [0.1, 0.15) is 6.29 Å². The fraction of sp³-hybridized carbons (Fsp3) is 0.263. The molecule has 1 aliphatic rings. The second-order valence-electron chi connectivity index (χ2n) is 6.29. The second-order valence-corrected chi connectivity index (χ2v) is 6.70. The zero-order valence-electron chi connectivity index (χ0n) is 14.2. The molecule has 0 saturated heterocycles. The van der Waals surface area contributed by atoms with Crippen LogP contribution in [0.15, 0.2) is 36.4 Å². The van der Waals surface area contributed by atoms with E-state index in [1.165, 1.54) is 11.6 Å². The number of carbonyl (C=O) groups is 2. The number of halogens is 1. The highest BCUT2D eigenvalue weighted by Crippen LogP contribution is 2.39. The van der Waals surface area contributed by atoms with E-state index in [0.717, 1.165) is 12.1 Å². The Morgan fingerprint density at radius 1 is 1.20 bits per heavy atom. The van der Waals surface area contributed by atoms with Crippen LogP contribution in [-0.2, 0) is 17.9 Å². The highest BCUT2D eigenvalue weighted by atomic mass is 35.5. The molecule has 2 aromatic rings. The molecule has 0 bridgehead atoms. The maximum atomic E-state index is 12.3. The Labute approximate surface area is 151 Å². The molecule has 0 unspecified atom stereocenters. The van der Waals surface area contributed by atoms with Gasteiger partial charge in [-0.1, -0.05) is 35.9 Å². The summed E-state index contributed by atoms with van der Waals surface area (Å²) >= 11 is 6.18. The van der Waals surface area contributed by atoms with Crippen LogP contribution in [-0.4, -0.2) is 37.8 Å². The quantitative estimate of drug-likeness (QED) is 0.770. The molecule has 1 heterocycles. The van der Waals surface area contributed by atoms with E-state index in [0.29, 0.717) is 34.9 Å². The number of benzene rings is 2. The van der Waals surface area contributed by atoms with Gasteiger partial charge in [0.05, 0.1) is 17.3 Å². The zero-order valence-corrected chi connectivity index (χ0v) is 14.9. The van der Waals surface area contributed by atoms with Crippen molar-refractivity contribution in [3.63, 3.8) is 0 Å². The molecule has 3 rings (SSSR count). The Bertz CT molecular complexity index is 803. The Morgan fingerprint density at radius 3 is 2.52 bits per heavy atom. The summed E-state index contributed by atoms with van der Waals surface area (Å²) in [5.74, 6) is 0.278. The summed E-state index contributed by atoms with van der Waals surface area (Å²) in [5, 5.41) is 0.332. The monoisotopic (exact) mass is 358 g/mol. The Hall–Kier alpha value is -2.37. The van der Waals surface area contributed by atoms with E-state index in [1.54, 1.807) is 11.0 Å². The minimum absolute atomic E-state index is 0.0636. The summed E-state index contributed by atoms with van der Waals surface area (Å²) in [4.78, 5) is 27.2. The lowest BCUT2D eigenvalue weighted by Crippen LogP contribution is -2.38. The molecule has 0 N–H and O–H groups in total. The number of nitrogens with zero attached hydrogens (tertiary/aromatic N) is 2. The standard InChI is InChI=1S/C19H19ClN2O3/c1-21(2)9-13-3-5-14(6-4-13)10-22-17-8-15(11-23)7-16(20)19(17)25-12-18(22)24/h3-8,11H,9-10,12H2,1-2H3. The molecule has 0 aromatic heterocycles. The van der Waals surface area contributed by atoms with Gasteiger partial charge in [0.2, 0.25) is 0 Å². The second kappa shape index (κ2) is 7.25. The highest BCUT2D eigenvalue weighted by Gasteiger charge is 2.28. The van der Waals surface area contributed by atoms with Gasteiger partial charge in [-0.25, -0.2) is 0 Å². The van der Waals surface area contributed by atoms with Crippen LogP contribution in [0.4, 0.5) is 5.69 Å². The number of rotatable bonds is 5. The van der Waals surface area contributed by atoms with Crippen molar-refractivity contribution in [2.24, 2.45) is 0 Å². The van der Waals surface area contributed by atoms with Crippen LogP contribution >= 0.6 is 11.6 Å². The smallest absolute Gasteiger partial charge is 0.265 e. The lowest BCUT2D eigenvalue weighted by molar-refractivity contribution is -0.121. The number of hydrogen-bond donors (Lipinski definition) is 0. The molecule has 25 heavy (non-hydrogen) atoms. The van der Waals surface area contributed by atoms with Gasteiger partial charge in [-0.3, -0.25) is 9.59 Å². The van der Waals surface area contributed by atoms with Crippen molar-refractivity contribution >= 4 is 29.5 Å². The van der Waals surface area contributed by atoms with E-state index < -0.39 is 0 Å². The van der Waals surface area contributed by atoms with Crippen LogP contribution in [0, 0.1) is 0 Å². The number of aldehydes is 1. The van der Waals surface area contributed by atoms with Crippen molar-refractivity contribution in [3.05, 3.63) is 58.1 Å². The maximum absolute atomic E-state index is 12.3. The Kier molecular flexibility index (Phi) is 5.06. The van der Waals surface area contributed by atoms with Crippen LogP contribution in [0.5, 0.6) is 5.75 Å². The molecule has 0 spiro atoms. The molecule has 0 atom stereocenters. The van der Waals surface area contributed by atoms with Crippen molar-refractivity contribution in [1.29, 1.82) is 0 Å². The van der Waals surface area contributed by atoms with Gasteiger partial charge >= 0.3 is 0 Å². The van der Waals surface area contributed by atoms with Crippen LogP contribution in [0.25, 0.3) is 0 Å². The van der Waals surface area contributed by atoms with Crippen LogP contribution in [0.3, 0.4) is 0 Å². The molecule has 6 heteroatoms. The number of carbonyl (C=O) groups excluding carboxylic acids is 2. The molecule has 0 fully saturated rings. The predicted molar refractivity (Wildman–Crippen MR) is 97.4 cm³/mol. The zero-order chi connectivity index (χ0) is 18.0. The average molecular weight is 359 g/mol. The largest absolute Gasteiger partial charge is 0.480 e. The Balaban J connectivity index is 1.89. The van der Waals surface area contributed by atoms with E-state index in [9.17, 15) is 9.59 Å².